The topological polar surface area (TPSA) is 114 Å². The van der Waals surface area contributed by atoms with Crippen molar-refractivity contribution >= 4 is 17.8 Å². The zero-order valence-electron chi connectivity index (χ0n) is 16.8. The molecule has 0 radical (unpaired) electrons. The van der Waals surface area contributed by atoms with Crippen LogP contribution in [0.25, 0.3) is 0 Å². The van der Waals surface area contributed by atoms with Crippen molar-refractivity contribution in [3.63, 3.8) is 0 Å². The summed E-state index contributed by atoms with van der Waals surface area (Å²) in [5.41, 5.74) is 0. The molecular weight excluding hydrogens is 364 g/mol. The Morgan fingerprint density at radius 1 is 1.14 bits per heavy atom. The lowest BCUT2D eigenvalue weighted by Gasteiger charge is -2.18. The van der Waals surface area contributed by atoms with Gasteiger partial charge in [-0.25, -0.2) is 0 Å². The first-order valence-electron chi connectivity index (χ1n) is 9.58. The van der Waals surface area contributed by atoms with Crippen molar-refractivity contribution in [1.29, 1.82) is 0 Å². The number of hydrogen-bond donors (Lipinski definition) is 3. The molecule has 0 aromatic rings. The second-order valence-electron chi connectivity index (χ2n) is 6.34. The summed E-state index contributed by atoms with van der Waals surface area (Å²) in [6.07, 6.45) is 5.00. The number of hydrogen-bond acceptors (Lipinski definition) is 6. The van der Waals surface area contributed by atoms with Crippen molar-refractivity contribution in [2.24, 2.45) is 5.92 Å². The molecule has 8 heteroatoms. The first kappa shape index (κ1) is 25.8. The number of unbranched alkanes of at least 4 members (excludes halogenated alkanes) is 1. The van der Waals surface area contributed by atoms with Crippen LogP contribution in [-0.2, 0) is 23.9 Å². The third kappa shape index (κ3) is 13.9. The predicted octanol–water partition coefficient (Wildman–Crippen LogP) is 1.10. The van der Waals surface area contributed by atoms with E-state index in [4.69, 9.17) is 14.6 Å². The second-order valence-corrected chi connectivity index (χ2v) is 6.34. The molecule has 0 aliphatic carbocycles. The molecule has 0 aliphatic rings. The molecule has 160 valence electrons. The number of aliphatic hydroxyl groups excluding tert-OH is 1. The molecule has 0 bridgehead atoms. The van der Waals surface area contributed by atoms with Crippen molar-refractivity contribution in [1.82, 2.24) is 10.6 Å². The average Bonchev–Trinajstić information content (AvgIpc) is 2.65. The van der Waals surface area contributed by atoms with E-state index in [9.17, 15) is 14.4 Å². The minimum atomic E-state index is -0.550. The zero-order valence-corrected chi connectivity index (χ0v) is 16.8. The van der Waals surface area contributed by atoms with Crippen LogP contribution in [-0.4, -0.2) is 61.9 Å². The fourth-order valence-corrected chi connectivity index (χ4v) is 2.31. The molecule has 0 fully saturated rings. The number of aliphatic hydroxyl groups is 1. The number of carbonyl (C=O) groups is 3. The van der Waals surface area contributed by atoms with Gasteiger partial charge in [0.2, 0.25) is 11.8 Å². The average molecular weight is 399 g/mol. The Labute approximate surface area is 167 Å². The Kier molecular flexibility index (Phi) is 15.6. The Balaban J connectivity index is 4.23. The van der Waals surface area contributed by atoms with Crippen LogP contribution in [0, 0.1) is 5.92 Å². The lowest BCUT2D eigenvalue weighted by atomic mass is 10.00. The van der Waals surface area contributed by atoms with Crippen LogP contribution in [0.4, 0.5) is 0 Å². The number of rotatable bonds is 17. The highest BCUT2D eigenvalue weighted by atomic mass is 16.5. The Hall–Kier alpha value is -2.19. The molecule has 3 N–H and O–H groups in total. The third-order valence-corrected chi connectivity index (χ3v) is 3.74. The molecule has 0 aromatic heterocycles. The number of carbonyl (C=O) groups excluding carboxylic acids is 3. The molecule has 2 amide bonds. The first-order valence-corrected chi connectivity index (χ1v) is 9.58. The summed E-state index contributed by atoms with van der Waals surface area (Å²) in [6.45, 7) is 9.84. The van der Waals surface area contributed by atoms with E-state index in [-0.39, 0.29) is 44.0 Å². The third-order valence-electron chi connectivity index (χ3n) is 3.74. The highest BCUT2D eigenvalue weighted by Gasteiger charge is 2.21. The monoisotopic (exact) mass is 398 g/mol. The van der Waals surface area contributed by atoms with Gasteiger partial charge in [-0.2, -0.15) is 0 Å². The molecular formula is C20H34N2O6. The lowest BCUT2D eigenvalue weighted by Crippen LogP contribution is -2.39. The van der Waals surface area contributed by atoms with Crippen LogP contribution in [0.5, 0.6) is 0 Å². The van der Waals surface area contributed by atoms with E-state index < -0.39 is 12.0 Å². The summed E-state index contributed by atoms with van der Waals surface area (Å²) < 4.78 is 10.3. The highest BCUT2D eigenvalue weighted by Crippen LogP contribution is 2.10. The van der Waals surface area contributed by atoms with Gasteiger partial charge in [0.1, 0.15) is 6.10 Å². The van der Waals surface area contributed by atoms with E-state index in [2.05, 4.69) is 23.8 Å². The van der Waals surface area contributed by atoms with E-state index in [0.29, 0.717) is 32.4 Å². The Bertz CT molecular complexity index is 495. The summed E-state index contributed by atoms with van der Waals surface area (Å²) in [6, 6.07) is 0. The van der Waals surface area contributed by atoms with Crippen LogP contribution in [0.3, 0.4) is 0 Å². The van der Waals surface area contributed by atoms with E-state index in [1.165, 1.54) is 0 Å². The van der Waals surface area contributed by atoms with E-state index in [1.807, 2.05) is 0 Å². The van der Waals surface area contributed by atoms with Gasteiger partial charge in [-0.3, -0.25) is 14.4 Å². The van der Waals surface area contributed by atoms with Crippen LogP contribution in [0.15, 0.2) is 25.3 Å². The quantitative estimate of drug-likeness (QED) is 0.192. The van der Waals surface area contributed by atoms with Crippen molar-refractivity contribution < 1.29 is 29.0 Å². The summed E-state index contributed by atoms with van der Waals surface area (Å²) in [5.74, 6) is -1.42. The van der Waals surface area contributed by atoms with Gasteiger partial charge in [0.25, 0.3) is 0 Å². The van der Waals surface area contributed by atoms with Crippen molar-refractivity contribution in [3.8, 4) is 0 Å². The molecule has 0 saturated heterocycles. The molecule has 8 nitrogen and oxygen atoms in total. The standard InChI is InChI=1S/C20H34N2O6/c1-4-6-7-9-19(25)28-16(3)15-22-20(26)17(8-5-2)14-18(24)21-10-12-27-13-11-23/h4-5,16-17,23H,1-2,6-15H2,3H3,(H,21,24)(H,22,26)/t16-,17-/m0/s1. The summed E-state index contributed by atoms with van der Waals surface area (Å²) in [7, 11) is 0. The molecule has 0 rings (SSSR count). The summed E-state index contributed by atoms with van der Waals surface area (Å²) in [5, 5.41) is 14.0. The molecule has 0 aliphatic heterocycles. The minimum absolute atomic E-state index is 0.0214. The highest BCUT2D eigenvalue weighted by molar-refractivity contribution is 5.85. The van der Waals surface area contributed by atoms with Crippen molar-refractivity contribution in [3.05, 3.63) is 25.3 Å². The number of esters is 1. The van der Waals surface area contributed by atoms with E-state index >= 15 is 0 Å². The van der Waals surface area contributed by atoms with E-state index in [0.717, 1.165) is 6.42 Å². The molecule has 0 saturated carbocycles. The molecule has 0 heterocycles. The van der Waals surface area contributed by atoms with Gasteiger partial charge in [0.05, 0.1) is 32.3 Å². The number of allylic oxidation sites excluding steroid dienone is 2. The van der Waals surface area contributed by atoms with Crippen LogP contribution in [0.1, 0.15) is 39.0 Å². The summed E-state index contributed by atoms with van der Waals surface area (Å²) in [4.78, 5) is 36.0. The minimum Gasteiger partial charge on any atom is -0.461 e. The molecule has 28 heavy (non-hydrogen) atoms. The molecule has 2 atom stereocenters. The van der Waals surface area contributed by atoms with Crippen LogP contribution < -0.4 is 10.6 Å². The number of ether oxygens (including phenoxy) is 2. The van der Waals surface area contributed by atoms with Gasteiger partial charge >= 0.3 is 5.97 Å². The lowest BCUT2D eigenvalue weighted by molar-refractivity contribution is -0.148. The SMILES string of the molecule is C=CCCCC(=O)O[C@@H](C)CNC(=O)[C@@H](CC=C)CC(=O)NCCOCCO. The summed E-state index contributed by atoms with van der Waals surface area (Å²) >= 11 is 0. The van der Waals surface area contributed by atoms with Crippen LogP contribution >= 0.6 is 0 Å². The van der Waals surface area contributed by atoms with Gasteiger partial charge in [-0.1, -0.05) is 12.2 Å². The van der Waals surface area contributed by atoms with Crippen molar-refractivity contribution in [2.45, 2.75) is 45.1 Å². The van der Waals surface area contributed by atoms with Gasteiger partial charge in [0.15, 0.2) is 0 Å². The molecule has 0 unspecified atom stereocenters. The Morgan fingerprint density at radius 3 is 2.54 bits per heavy atom. The Morgan fingerprint density at radius 2 is 1.89 bits per heavy atom. The van der Waals surface area contributed by atoms with Gasteiger partial charge in [0, 0.05) is 19.4 Å². The molecule has 0 aromatic carbocycles. The van der Waals surface area contributed by atoms with Gasteiger partial charge in [-0.15, -0.1) is 13.2 Å². The maximum absolute atomic E-state index is 12.3. The zero-order chi connectivity index (χ0) is 21.2. The maximum Gasteiger partial charge on any atom is 0.306 e. The normalized spacial score (nSPS) is 12.5. The first-order chi connectivity index (χ1) is 13.4. The largest absolute Gasteiger partial charge is 0.461 e. The smallest absolute Gasteiger partial charge is 0.306 e. The van der Waals surface area contributed by atoms with Crippen LogP contribution in [0.2, 0.25) is 0 Å². The van der Waals surface area contributed by atoms with Gasteiger partial charge in [-0.05, 0) is 26.2 Å². The van der Waals surface area contributed by atoms with Gasteiger partial charge < -0.3 is 25.2 Å². The molecule has 0 spiro atoms. The number of amides is 2. The predicted molar refractivity (Wildman–Crippen MR) is 106 cm³/mol. The fourth-order valence-electron chi connectivity index (χ4n) is 2.31. The maximum atomic E-state index is 12.3. The fraction of sp³-hybridized carbons (Fsp3) is 0.650. The van der Waals surface area contributed by atoms with E-state index in [1.54, 1.807) is 19.1 Å². The second kappa shape index (κ2) is 16.9. The van der Waals surface area contributed by atoms with Crippen molar-refractivity contribution in [2.75, 3.05) is 32.9 Å². The number of nitrogens with one attached hydrogen (secondary N) is 2.